The van der Waals surface area contributed by atoms with Crippen LogP contribution in [0.5, 0.6) is 0 Å². The largest absolute Gasteiger partial charge is 0.248 e. The number of para-hydroxylation sites is 1. The molecule has 136 valence electrons. The molecule has 1 aliphatic carbocycles. The zero-order valence-electron chi connectivity index (χ0n) is 15.9. The van der Waals surface area contributed by atoms with Gasteiger partial charge in [0.25, 0.3) is 0 Å². The van der Waals surface area contributed by atoms with Gasteiger partial charge in [0.1, 0.15) is 0 Å². The van der Waals surface area contributed by atoms with Crippen molar-refractivity contribution in [2.75, 3.05) is 0 Å². The fourth-order valence-electron chi connectivity index (χ4n) is 4.72. The Bertz CT molecular complexity index is 1350. The van der Waals surface area contributed by atoms with Gasteiger partial charge < -0.3 is 0 Å². The molecule has 0 aliphatic heterocycles. The SMILES string of the molecule is CC1CCCc2c1nn1c(-c3ccccc3)cc3nc4ccccc4cc3c21. The molecule has 3 aromatic heterocycles. The number of aromatic nitrogens is 3. The lowest BCUT2D eigenvalue weighted by molar-refractivity contribution is 0.577. The molecule has 1 unspecified atom stereocenters. The van der Waals surface area contributed by atoms with E-state index in [9.17, 15) is 0 Å². The Labute approximate surface area is 163 Å². The minimum Gasteiger partial charge on any atom is -0.248 e. The van der Waals surface area contributed by atoms with Gasteiger partial charge in [-0.3, -0.25) is 0 Å². The number of benzene rings is 2. The lowest BCUT2D eigenvalue weighted by atomic mass is 9.88. The van der Waals surface area contributed by atoms with Gasteiger partial charge in [0.05, 0.1) is 27.9 Å². The van der Waals surface area contributed by atoms with Crippen LogP contribution in [0.15, 0.2) is 66.7 Å². The molecule has 6 rings (SSSR count). The van der Waals surface area contributed by atoms with Crippen molar-refractivity contribution in [1.82, 2.24) is 14.6 Å². The van der Waals surface area contributed by atoms with Crippen LogP contribution in [-0.4, -0.2) is 14.6 Å². The van der Waals surface area contributed by atoms with Gasteiger partial charge in [-0.15, -0.1) is 0 Å². The van der Waals surface area contributed by atoms with Crippen LogP contribution >= 0.6 is 0 Å². The second-order valence-corrected chi connectivity index (χ2v) is 7.93. The molecule has 5 aromatic rings. The van der Waals surface area contributed by atoms with Crippen molar-refractivity contribution in [1.29, 1.82) is 0 Å². The normalized spacial score (nSPS) is 16.7. The van der Waals surface area contributed by atoms with Crippen molar-refractivity contribution in [2.24, 2.45) is 0 Å². The molecule has 3 heteroatoms. The number of hydrogen-bond donors (Lipinski definition) is 0. The van der Waals surface area contributed by atoms with E-state index in [-0.39, 0.29) is 0 Å². The predicted octanol–water partition coefficient (Wildman–Crippen LogP) is 6.14. The van der Waals surface area contributed by atoms with Crippen LogP contribution in [0.1, 0.15) is 36.9 Å². The van der Waals surface area contributed by atoms with E-state index in [1.165, 1.54) is 46.0 Å². The molecular formula is C25H21N3. The fourth-order valence-corrected chi connectivity index (χ4v) is 4.72. The quantitative estimate of drug-likeness (QED) is 0.335. The Morgan fingerprint density at radius 2 is 1.75 bits per heavy atom. The van der Waals surface area contributed by atoms with Gasteiger partial charge in [0.2, 0.25) is 0 Å². The molecule has 1 aliphatic rings. The van der Waals surface area contributed by atoms with E-state index in [0.29, 0.717) is 5.92 Å². The lowest BCUT2D eigenvalue weighted by Gasteiger charge is -2.16. The summed E-state index contributed by atoms with van der Waals surface area (Å²) >= 11 is 0. The van der Waals surface area contributed by atoms with E-state index < -0.39 is 0 Å². The number of nitrogens with zero attached hydrogens (tertiary/aromatic N) is 3. The fraction of sp³-hybridized carbons (Fsp3) is 0.200. The van der Waals surface area contributed by atoms with Crippen molar-refractivity contribution in [3.05, 3.63) is 78.0 Å². The summed E-state index contributed by atoms with van der Waals surface area (Å²) in [5, 5.41) is 7.52. The predicted molar refractivity (Wildman–Crippen MR) is 115 cm³/mol. The first-order valence-corrected chi connectivity index (χ1v) is 10.1. The van der Waals surface area contributed by atoms with Crippen LogP contribution in [0.2, 0.25) is 0 Å². The van der Waals surface area contributed by atoms with E-state index in [2.05, 4.69) is 78.2 Å². The first-order chi connectivity index (χ1) is 13.8. The Kier molecular flexibility index (Phi) is 3.33. The molecule has 3 nitrogen and oxygen atoms in total. The number of hydrogen-bond acceptors (Lipinski definition) is 2. The van der Waals surface area contributed by atoms with Gasteiger partial charge >= 0.3 is 0 Å². The highest BCUT2D eigenvalue weighted by Gasteiger charge is 2.25. The van der Waals surface area contributed by atoms with Gasteiger partial charge in [-0.1, -0.05) is 55.5 Å². The van der Waals surface area contributed by atoms with E-state index in [0.717, 1.165) is 23.1 Å². The molecule has 0 spiro atoms. The highest BCUT2D eigenvalue weighted by Crippen LogP contribution is 2.38. The van der Waals surface area contributed by atoms with E-state index in [4.69, 9.17) is 10.1 Å². The molecular weight excluding hydrogens is 342 g/mol. The lowest BCUT2D eigenvalue weighted by Crippen LogP contribution is -2.05. The number of pyridine rings is 2. The molecule has 28 heavy (non-hydrogen) atoms. The summed E-state index contributed by atoms with van der Waals surface area (Å²) in [4.78, 5) is 5.02. The average Bonchev–Trinajstić information content (AvgIpc) is 3.14. The molecule has 0 amide bonds. The van der Waals surface area contributed by atoms with Crippen molar-refractivity contribution < 1.29 is 0 Å². The van der Waals surface area contributed by atoms with Gasteiger partial charge in [0, 0.05) is 27.8 Å². The zero-order valence-corrected chi connectivity index (χ0v) is 15.9. The minimum atomic E-state index is 0.510. The molecule has 0 radical (unpaired) electrons. The minimum absolute atomic E-state index is 0.510. The molecule has 0 saturated heterocycles. The second kappa shape index (κ2) is 5.90. The first-order valence-electron chi connectivity index (χ1n) is 10.1. The van der Waals surface area contributed by atoms with Crippen LogP contribution in [0, 0.1) is 0 Å². The zero-order chi connectivity index (χ0) is 18.7. The van der Waals surface area contributed by atoms with Crippen molar-refractivity contribution in [2.45, 2.75) is 32.1 Å². The third-order valence-electron chi connectivity index (χ3n) is 6.13. The van der Waals surface area contributed by atoms with Crippen LogP contribution < -0.4 is 0 Å². The van der Waals surface area contributed by atoms with Crippen LogP contribution in [0.4, 0.5) is 0 Å². The van der Waals surface area contributed by atoms with Crippen molar-refractivity contribution in [3.8, 4) is 11.3 Å². The maximum atomic E-state index is 5.13. The van der Waals surface area contributed by atoms with Crippen LogP contribution in [-0.2, 0) is 6.42 Å². The monoisotopic (exact) mass is 363 g/mol. The summed E-state index contributed by atoms with van der Waals surface area (Å²) in [5.41, 5.74) is 8.31. The highest BCUT2D eigenvalue weighted by molar-refractivity contribution is 6.03. The molecule has 0 saturated carbocycles. The van der Waals surface area contributed by atoms with E-state index in [1.807, 2.05) is 0 Å². The van der Waals surface area contributed by atoms with E-state index >= 15 is 0 Å². The molecule has 0 N–H and O–H groups in total. The van der Waals surface area contributed by atoms with Crippen molar-refractivity contribution >= 4 is 27.3 Å². The summed E-state index contributed by atoms with van der Waals surface area (Å²) in [7, 11) is 0. The molecule has 0 bridgehead atoms. The number of rotatable bonds is 1. The summed E-state index contributed by atoms with van der Waals surface area (Å²) in [5.74, 6) is 0.510. The van der Waals surface area contributed by atoms with Crippen molar-refractivity contribution in [3.63, 3.8) is 0 Å². The molecule has 1 atom stereocenters. The standard InChI is InChI=1S/C25H21N3/c1-16-8-7-12-19-24(16)27-28-23(17-9-3-2-4-10-17)15-22-20(25(19)28)14-18-11-5-6-13-21(18)26-22/h2-6,9-11,13-16H,7-8,12H2,1H3. The maximum absolute atomic E-state index is 5.13. The Hall–Kier alpha value is -3.20. The molecule has 2 aromatic carbocycles. The van der Waals surface area contributed by atoms with Gasteiger partial charge in [-0.2, -0.15) is 5.10 Å². The molecule has 0 fully saturated rings. The highest BCUT2D eigenvalue weighted by atomic mass is 15.2. The third-order valence-corrected chi connectivity index (χ3v) is 6.13. The maximum Gasteiger partial charge on any atom is 0.0798 e. The summed E-state index contributed by atoms with van der Waals surface area (Å²) in [6.45, 7) is 2.31. The third kappa shape index (κ3) is 2.22. The summed E-state index contributed by atoms with van der Waals surface area (Å²) in [6, 6.07) is 23.4. The Morgan fingerprint density at radius 1 is 0.929 bits per heavy atom. The Balaban J connectivity index is 1.81. The van der Waals surface area contributed by atoms with Gasteiger partial charge in [0.15, 0.2) is 0 Å². The summed E-state index contributed by atoms with van der Waals surface area (Å²) < 4.78 is 2.18. The smallest absolute Gasteiger partial charge is 0.0798 e. The number of aryl methyl sites for hydroxylation is 1. The van der Waals surface area contributed by atoms with Crippen LogP contribution in [0.25, 0.3) is 38.6 Å². The average molecular weight is 363 g/mol. The van der Waals surface area contributed by atoms with Crippen LogP contribution in [0.3, 0.4) is 0 Å². The summed E-state index contributed by atoms with van der Waals surface area (Å²) in [6.07, 6.45) is 3.55. The number of fused-ring (bicyclic) bond motifs is 6. The topological polar surface area (TPSA) is 30.2 Å². The second-order valence-electron chi connectivity index (χ2n) is 7.93. The molecule has 3 heterocycles. The first kappa shape index (κ1) is 15.8. The van der Waals surface area contributed by atoms with Gasteiger partial charge in [-0.05, 0) is 37.5 Å². The Morgan fingerprint density at radius 3 is 2.64 bits per heavy atom. The van der Waals surface area contributed by atoms with E-state index in [1.54, 1.807) is 0 Å². The van der Waals surface area contributed by atoms with Gasteiger partial charge in [-0.25, -0.2) is 9.50 Å².